The monoisotopic (exact) mass is 804 g/mol. The molecule has 5 nitrogen and oxygen atoms in total. The molecule has 1 aliphatic rings. The maximum Gasteiger partial charge on any atom is 0.195 e. The van der Waals surface area contributed by atoms with Gasteiger partial charge in [0.15, 0.2) is 5.78 Å². The molecule has 5 heteroatoms. The zero-order chi connectivity index (χ0) is 42.9. The Labute approximate surface area is 364 Å². The van der Waals surface area contributed by atoms with Gasteiger partial charge in [0, 0.05) is 73.2 Å². The van der Waals surface area contributed by atoms with Crippen molar-refractivity contribution in [2.45, 2.75) is 0 Å². The summed E-state index contributed by atoms with van der Waals surface area (Å²) in [6, 6.07) is 66.8. The number of carbonyl (C=O) groups excluding carboxylic acids is 1. The topological polar surface area (TPSA) is 75.6 Å². The highest BCUT2D eigenvalue weighted by Crippen LogP contribution is 2.51. The molecule has 62 heavy (non-hydrogen) atoms. The van der Waals surface area contributed by atoms with E-state index in [1.807, 2.05) is 76.7 Å². The minimum absolute atomic E-state index is 0.0222. The van der Waals surface area contributed by atoms with Gasteiger partial charge in [-0.25, -0.2) is 0 Å². The molecule has 0 heterocycles. The third-order valence-corrected chi connectivity index (χ3v) is 11.7. The number of nitrogens with two attached hydrogens (primary N) is 2. The molecule has 0 saturated heterocycles. The lowest BCUT2D eigenvalue weighted by atomic mass is 9.86. The Hall–Kier alpha value is -7.89. The number of allylic oxidation sites excluding steroid dienone is 4. The molecule has 0 atom stereocenters. The second-order valence-corrected chi connectivity index (χ2v) is 16.3. The number of rotatable bonds is 10. The standard InChI is InChI=1S/C57H48N4O/c1-60(2)51-29-21-39(22-30-51)43-11-7-15-47(35-43)55-53(45-13-5-9-41(33-45)37-17-25-49(58)26-18-37)54(46-14-6-10-42(34-46)38-19-27-50(59)28-20-38)56(57(55)62)48-16-8-12-44(36-48)40-23-31-52(32-24-40)61(3)4/h5-36H,58-59H2,1-4H3. The van der Waals surface area contributed by atoms with E-state index in [-0.39, 0.29) is 5.78 Å². The summed E-state index contributed by atoms with van der Waals surface area (Å²) < 4.78 is 0. The molecule has 4 N–H and O–H groups in total. The van der Waals surface area contributed by atoms with Crippen LogP contribution in [0.2, 0.25) is 0 Å². The lowest BCUT2D eigenvalue weighted by Crippen LogP contribution is -2.07. The van der Waals surface area contributed by atoms with E-state index in [1.165, 1.54) is 0 Å². The van der Waals surface area contributed by atoms with Crippen LogP contribution in [0.5, 0.6) is 0 Å². The van der Waals surface area contributed by atoms with Crippen molar-refractivity contribution in [2.24, 2.45) is 0 Å². The molecule has 0 amide bonds. The molecule has 8 aromatic carbocycles. The van der Waals surface area contributed by atoms with Crippen molar-refractivity contribution in [3.8, 4) is 44.5 Å². The molecule has 0 aromatic heterocycles. The Bertz CT molecular complexity index is 2800. The first kappa shape index (κ1) is 39.6. The summed E-state index contributed by atoms with van der Waals surface area (Å²) in [6.45, 7) is 0. The van der Waals surface area contributed by atoms with Crippen molar-refractivity contribution in [1.82, 2.24) is 0 Å². The Balaban J connectivity index is 1.30. The first-order valence-corrected chi connectivity index (χ1v) is 20.8. The van der Waals surface area contributed by atoms with E-state index in [0.717, 1.165) is 89.3 Å². The fourth-order valence-electron chi connectivity index (χ4n) is 8.40. The predicted molar refractivity (Wildman–Crippen MR) is 264 cm³/mol. The van der Waals surface area contributed by atoms with E-state index >= 15 is 4.79 Å². The van der Waals surface area contributed by atoms with Gasteiger partial charge in [0.05, 0.1) is 0 Å². The lowest BCUT2D eigenvalue weighted by Gasteiger charge is -2.17. The highest BCUT2D eigenvalue weighted by atomic mass is 16.1. The number of nitrogen functional groups attached to an aromatic ring is 2. The van der Waals surface area contributed by atoms with Crippen LogP contribution in [0.15, 0.2) is 194 Å². The third-order valence-electron chi connectivity index (χ3n) is 11.7. The number of nitrogens with zero attached hydrogens (tertiary/aromatic N) is 2. The SMILES string of the molecule is CN(C)c1ccc(-c2cccc(C3=C(c4cccc(-c5ccc(N)cc5)c4)C(c4cccc(-c5ccc(N)cc5)c4)=C(c4cccc(-c5ccc(N(C)C)cc5)c4)C3=O)c2)cc1. The molecule has 0 unspecified atom stereocenters. The molecular formula is C57H48N4O. The number of hydrogen-bond donors (Lipinski definition) is 2. The number of carbonyl (C=O) groups is 1. The Morgan fingerprint density at radius 3 is 0.806 bits per heavy atom. The van der Waals surface area contributed by atoms with E-state index in [9.17, 15) is 0 Å². The molecule has 302 valence electrons. The van der Waals surface area contributed by atoms with E-state index in [4.69, 9.17) is 11.5 Å². The molecule has 0 fully saturated rings. The minimum atomic E-state index is -0.0222. The van der Waals surface area contributed by atoms with Crippen molar-refractivity contribution in [1.29, 1.82) is 0 Å². The van der Waals surface area contributed by atoms with Crippen LogP contribution in [-0.4, -0.2) is 34.0 Å². The summed E-state index contributed by atoms with van der Waals surface area (Å²) in [5, 5.41) is 0. The first-order valence-electron chi connectivity index (χ1n) is 20.8. The van der Waals surface area contributed by atoms with Crippen molar-refractivity contribution in [2.75, 3.05) is 49.5 Å². The third kappa shape index (κ3) is 7.80. The average Bonchev–Trinajstić information content (AvgIpc) is 3.62. The van der Waals surface area contributed by atoms with Crippen LogP contribution in [0.1, 0.15) is 22.3 Å². The smallest absolute Gasteiger partial charge is 0.195 e. The molecule has 0 saturated carbocycles. The van der Waals surface area contributed by atoms with Gasteiger partial charge in [0.1, 0.15) is 0 Å². The molecule has 0 aliphatic heterocycles. The number of Topliss-reactive ketones (excluding diaryl/α,β-unsaturated/α-hetero) is 1. The molecule has 9 rings (SSSR count). The van der Waals surface area contributed by atoms with Gasteiger partial charge < -0.3 is 21.3 Å². The highest BCUT2D eigenvalue weighted by molar-refractivity contribution is 6.59. The van der Waals surface area contributed by atoms with Crippen molar-refractivity contribution < 1.29 is 4.79 Å². The molecule has 0 bridgehead atoms. The van der Waals surface area contributed by atoms with Crippen molar-refractivity contribution >= 4 is 50.8 Å². The van der Waals surface area contributed by atoms with E-state index in [0.29, 0.717) is 22.5 Å². The number of ketones is 1. The maximum absolute atomic E-state index is 15.8. The van der Waals surface area contributed by atoms with Gasteiger partial charge in [-0.2, -0.15) is 0 Å². The van der Waals surface area contributed by atoms with Crippen molar-refractivity contribution in [3.05, 3.63) is 216 Å². The largest absolute Gasteiger partial charge is 0.399 e. The van der Waals surface area contributed by atoms with Gasteiger partial charge in [-0.3, -0.25) is 4.79 Å². The molecule has 1 aliphatic carbocycles. The Morgan fingerprint density at radius 1 is 0.290 bits per heavy atom. The molecule has 0 spiro atoms. The number of hydrogen-bond acceptors (Lipinski definition) is 5. The summed E-state index contributed by atoms with van der Waals surface area (Å²) in [5.74, 6) is -0.0222. The van der Waals surface area contributed by atoms with E-state index < -0.39 is 0 Å². The summed E-state index contributed by atoms with van der Waals surface area (Å²) >= 11 is 0. The van der Waals surface area contributed by atoms with Gasteiger partial charge in [-0.05, 0) is 140 Å². The van der Waals surface area contributed by atoms with Crippen LogP contribution in [0, 0.1) is 0 Å². The second-order valence-electron chi connectivity index (χ2n) is 16.3. The summed E-state index contributed by atoms with van der Waals surface area (Å²) in [7, 11) is 8.17. The zero-order valence-corrected chi connectivity index (χ0v) is 35.4. The van der Waals surface area contributed by atoms with Gasteiger partial charge in [0.2, 0.25) is 0 Å². The predicted octanol–water partition coefficient (Wildman–Crippen LogP) is 12.8. The quantitative estimate of drug-likeness (QED) is 0.135. The number of anilines is 4. The van der Waals surface area contributed by atoms with E-state index in [2.05, 4.69) is 155 Å². The van der Waals surface area contributed by atoms with Gasteiger partial charge >= 0.3 is 0 Å². The Morgan fingerprint density at radius 2 is 0.532 bits per heavy atom. The fraction of sp³-hybridized carbons (Fsp3) is 0.0702. The van der Waals surface area contributed by atoms with Crippen LogP contribution in [0.3, 0.4) is 0 Å². The summed E-state index contributed by atoms with van der Waals surface area (Å²) in [5.41, 5.74) is 31.0. The summed E-state index contributed by atoms with van der Waals surface area (Å²) in [6.07, 6.45) is 0. The number of benzene rings is 8. The van der Waals surface area contributed by atoms with Gasteiger partial charge in [0.25, 0.3) is 0 Å². The first-order chi connectivity index (χ1) is 30.1. The highest BCUT2D eigenvalue weighted by Gasteiger charge is 2.36. The minimum Gasteiger partial charge on any atom is -0.399 e. The molecule has 0 radical (unpaired) electrons. The fourth-order valence-corrected chi connectivity index (χ4v) is 8.40. The van der Waals surface area contributed by atoms with Crippen LogP contribution in [0.25, 0.3) is 66.8 Å². The van der Waals surface area contributed by atoms with Crippen LogP contribution >= 0.6 is 0 Å². The van der Waals surface area contributed by atoms with Crippen molar-refractivity contribution in [3.63, 3.8) is 0 Å². The molecule has 8 aromatic rings. The Kier molecular flexibility index (Phi) is 10.6. The van der Waals surface area contributed by atoms with Crippen LogP contribution < -0.4 is 21.3 Å². The van der Waals surface area contributed by atoms with E-state index in [1.54, 1.807) is 0 Å². The van der Waals surface area contributed by atoms with Crippen LogP contribution in [0.4, 0.5) is 22.7 Å². The van der Waals surface area contributed by atoms with Gasteiger partial charge in [-0.1, -0.05) is 121 Å². The molecular weight excluding hydrogens is 757 g/mol. The second kappa shape index (κ2) is 16.6. The summed E-state index contributed by atoms with van der Waals surface area (Å²) in [4.78, 5) is 20.0. The average molecular weight is 805 g/mol. The van der Waals surface area contributed by atoms with Crippen LogP contribution in [-0.2, 0) is 4.79 Å². The zero-order valence-electron chi connectivity index (χ0n) is 35.4. The normalized spacial score (nSPS) is 12.5. The maximum atomic E-state index is 15.8. The van der Waals surface area contributed by atoms with Gasteiger partial charge in [-0.15, -0.1) is 0 Å². The lowest BCUT2D eigenvalue weighted by molar-refractivity contribution is -0.108.